The van der Waals surface area contributed by atoms with Crippen molar-refractivity contribution in [1.29, 1.82) is 0 Å². The van der Waals surface area contributed by atoms with Crippen molar-refractivity contribution in [2.24, 2.45) is 5.92 Å². The molecule has 0 bridgehead atoms. The Morgan fingerprint density at radius 3 is 2.95 bits per heavy atom. The highest BCUT2D eigenvalue weighted by molar-refractivity contribution is 7.09. The lowest BCUT2D eigenvalue weighted by Crippen LogP contribution is -2.35. The Balaban J connectivity index is 1.58. The second-order valence-electron chi connectivity index (χ2n) is 4.99. The molecule has 0 aromatic carbocycles. The summed E-state index contributed by atoms with van der Waals surface area (Å²) in [4.78, 5) is 17.8. The smallest absolute Gasteiger partial charge is 0.306 e. The minimum absolute atomic E-state index is 0.179. The third-order valence-electron chi connectivity index (χ3n) is 3.62. The van der Waals surface area contributed by atoms with Crippen LogP contribution in [0.2, 0.25) is 0 Å². The Morgan fingerprint density at radius 2 is 2.30 bits per heavy atom. The molecule has 0 spiro atoms. The minimum atomic E-state index is -0.668. The molecule has 0 amide bonds. The van der Waals surface area contributed by atoms with Gasteiger partial charge in [-0.25, -0.2) is 4.98 Å². The van der Waals surface area contributed by atoms with Gasteiger partial charge < -0.3 is 9.52 Å². The van der Waals surface area contributed by atoms with E-state index < -0.39 is 5.97 Å². The standard InChI is InChI=1S/C14H16N2O3S/c17-14(18)10-3-5-16(6-4-10)8-13-15-11(9-20-13)12-2-1-7-19-12/h1-2,7,9-10H,3-6,8H2,(H,17,18). The van der Waals surface area contributed by atoms with Crippen molar-refractivity contribution >= 4 is 17.3 Å². The summed E-state index contributed by atoms with van der Waals surface area (Å²) in [6.07, 6.45) is 3.10. The lowest BCUT2D eigenvalue weighted by molar-refractivity contribution is -0.143. The van der Waals surface area contributed by atoms with Crippen molar-refractivity contribution < 1.29 is 14.3 Å². The highest BCUT2D eigenvalue weighted by Crippen LogP contribution is 2.24. The summed E-state index contributed by atoms with van der Waals surface area (Å²) in [5.41, 5.74) is 0.871. The van der Waals surface area contributed by atoms with Gasteiger partial charge in [-0.1, -0.05) is 0 Å². The van der Waals surface area contributed by atoms with Crippen molar-refractivity contribution in [2.75, 3.05) is 13.1 Å². The Morgan fingerprint density at radius 1 is 1.50 bits per heavy atom. The zero-order valence-electron chi connectivity index (χ0n) is 11.0. The fourth-order valence-electron chi connectivity index (χ4n) is 2.45. The van der Waals surface area contributed by atoms with E-state index in [4.69, 9.17) is 9.52 Å². The van der Waals surface area contributed by atoms with Crippen LogP contribution in [0.1, 0.15) is 17.8 Å². The average molecular weight is 292 g/mol. The van der Waals surface area contributed by atoms with Crippen LogP contribution in [0.4, 0.5) is 0 Å². The fourth-order valence-corrected chi connectivity index (χ4v) is 3.27. The number of thiazole rings is 1. The molecule has 2 aromatic heterocycles. The quantitative estimate of drug-likeness (QED) is 0.938. The Kier molecular flexibility index (Phi) is 3.84. The fraction of sp³-hybridized carbons (Fsp3) is 0.429. The molecule has 1 aliphatic heterocycles. The largest absolute Gasteiger partial charge is 0.481 e. The Bertz CT molecular complexity index is 571. The molecule has 5 nitrogen and oxygen atoms in total. The van der Waals surface area contributed by atoms with Gasteiger partial charge in [0.25, 0.3) is 0 Å². The van der Waals surface area contributed by atoms with Crippen molar-refractivity contribution in [3.63, 3.8) is 0 Å². The molecule has 106 valence electrons. The number of rotatable bonds is 4. The second kappa shape index (κ2) is 5.76. The van der Waals surface area contributed by atoms with Crippen LogP contribution in [-0.4, -0.2) is 34.0 Å². The number of aromatic nitrogens is 1. The first-order valence-electron chi connectivity index (χ1n) is 6.66. The number of carbonyl (C=O) groups is 1. The van der Waals surface area contributed by atoms with E-state index in [1.165, 1.54) is 0 Å². The molecular formula is C14H16N2O3S. The van der Waals surface area contributed by atoms with Gasteiger partial charge >= 0.3 is 5.97 Å². The molecule has 0 radical (unpaired) electrons. The van der Waals surface area contributed by atoms with Gasteiger partial charge in [0.15, 0.2) is 5.76 Å². The topological polar surface area (TPSA) is 66.6 Å². The number of carboxylic acids is 1. The number of likely N-dealkylation sites (tertiary alicyclic amines) is 1. The lowest BCUT2D eigenvalue weighted by atomic mass is 9.97. The first-order valence-corrected chi connectivity index (χ1v) is 7.54. The molecule has 1 saturated heterocycles. The van der Waals surface area contributed by atoms with E-state index in [0.717, 1.165) is 48.9 Å². The third-order valence-corrected chi connectivity index (χ3v) is 4.45. The summed E-state index contributed by atoms with van der Waals surface area (Å²) in [5, 5.41) is 12.0. The molecule has 0 saturated carbocycles. The van der Waals surface area contributed by atoms with E-state index in [1.807, 2.05) is 17.5 Å². The highest BCUT2D eigenvalue weighted by Gasteiger charge is 2.24. The predicted octanol–water partition coefficient (Wildman–Crippen LogP) is 2.70. The third kappa shape index (κ3) is 2.91. The van der Waals surface area contributed by atoms with Gasteiger partial charge in [-0.2, -0.15) is 0 Å². The lowest BCUT2D eigenvalue weighted by Gasteiger charge is -2.29. The monoisotopic (exact) mass is 292 g/mol. The molecule has 6 heteroatoms. The van der Waals surface area contributed by atoms with Gasteiger partial charge in [0, 0.05) is 5.38 Å². The summed E-state index contributed by atoms with van der Waals surface area (Å²) in [7, 11) is 0. The molecule has 0 atom stereocenters. The molecule has 0 unspecified atom stereocenters. The van der Waals surface area contributed by atoms with Gasteiger partial charge in [0.1, 0.15) is 10.7 Å². The van der Waals surface area contributed by atoms with Gasteiger partial charge in [0.2, 0.25) is 0 Å². The van der Waals surface area contributed by atoms with E-state index >= 15 is 0 Å². The zero-order chi connectivity index (χ0) is 13.9. The minimum Gasteiger partial charge on any atom is -0.481 e. The summed E-state index contributed by atoms with van der Waals surface area (Å²) in [6, 6.07) is 3.75. The van der Waals surface area contributed by atoms with Crippen molar-refractivity contribution in [3.05, 3.63) is 28.8 Å². The average Bonchev–Trinajstić information content (AvgIpc) is 3.09. The van der Waals surface area contributed by atoms with Crippen molar-refractivity contribution in [3.8, 4) is 11.5 Å². The van der Waals surface area contributed by atoms with Crippen molar-refractivity contribution in [2.45, 2.75) is 19.4 Å². The van der Waals surface area contributed by atoms with Crippen LogP contribution in [0.15, 0.2) is 28.2 Å². The number of hydrogen-bond acceptors (Lipinski definition) is 5. The molecule has 0 aliphatic carbocycles. The maximum absolute atomic E-state index is 10.9. The summed E-state index contributed by atoms with van der Waals surface area (Å²) in [5.74, 6) is -0.0580. The number of piperidine rings is 1. The highest BCUT2D eigenvalue weighted by atomic mass is 32.1. The van der Waals surface area contributed by atoms with Crippen LogP contribution in [-0.2, 0) is 11.3 Å². The first kappa shape index (κ1) is 13.3. The number of carboxylic acid groups (broad SMARTS) is 1. The maximum Gasteiger partial charge on any atom is 0.306 e. The Hall–Kier alpha value is -1.66. The molecule has 3 rings (SSSR count). The van der Waals surface area contributed by atoms with Crippen LogP contribution in [0, 0.1) is 5.92 Å². The van der Waals surface area contributed by atoms with E-state index in [-0.39, 0.29) is 5.92 Å². The maximum atomic E-state index is 10.9. The number of aliphatic carboxylic acids is 1. The van der Waals surface area contributed by atoms with Crippen LogP contribution in [0.25, 0.3) is 11.5 Å². The van der Waals surface area contributed by atoms with E-state index in [9.17, 15) is 4.79 Å². The van der Waals surface area contributed by atoms with Crippen LogP contribution in [0.3, 0.4) is 0 Å². The van der Waals surface area contributed by atoms with E-state index in [2.05, 4.69) is 9.88 Å². The zero-order valence-corrected chi connectivity index (χ0v) is 11.8. The SMILES string of the molecule is O=C(O)C1CCN(Cc2nc(-c3ccco3)cs2)CC1. The van der Waals surface area contributed by atoms with Crippen LogP contribution >= 0.6 is 11.3 Å². The predicted molar refractivity (Wildman–Crippen MR) is 75.5 cm³/mol. The van der Waals surface area contributed by atoms with Gasteiger partial charge in [-0.05, 0) is 38.1 Å². The molecule has 1 fully saturated rings. The molecule has 2 aromatic rings. The van der Waals surface area contributed by atoms with Crippen molar-refractivity contribution in [1.82, 2.24) is 9.88 Å². The molecule has 1 N–H and O–H groups in total. The molecular weight excluding hydrogens is 276 g/mol. The Labute approximate surface area is 120 Å². The first-order chi connectivity index (χ1) is 9.72. The van der Waals surface area contributed by atoms with Gasteiger partial charge in [-0.15, -0.1) is 11.3 Å². The van der Waals surface area contributed by atoms with Crippen LogP contribution < -0.4 is 0 Å². The number of furan rings is 1. The summed E-state index contributed by atoms with van der Waals surface area (Å²) in [6.45, 7) is 2.44. The summed E-state index contributed by atoms with van der Waals surface area (Å²) < 4.78 is 5.33. The van der Waals surface area contributed by atoms with Gasteiger partial charge in [0.05, 0.1) is 18.7 Å². The van der Waals surface area contributed by atoms with Crippen LogP contribution in [0.5, 0.6) is 0 Å². The number of hydrogen-bond donors (Lipinski definition) is 1. The second-order valence-corrected chi connectivity index (χ2v) is 5.94. The van der Waals surface area contributed by atoms with Gasteiger partial charge in [-0.3, -0.25) is 9.69 Å². The summed E-state index contributed by atoms with van der Waals surface area (Å²) >= 11 is 1.62. The normalized spacial score (nSPS) is 17.4. The van der Waals surface area contributed by atoms with E-state index in [1.54, 1.807) is 17.6 Å². The number of nitrogens with zero attached hydrogens (tertiary/aromatic N) is 2. The molecule has 1 aliphatic rings. The molecule has 3 heterocycles. The van der Waals surface area contributed by atoms with E-state index in [0.29, 0.717) is 0 Å². The molecule has 20 heavy (non-hydrogen) atoms.